The molecule has 0 amide bonds. The lowest BCUT2D eigenvalue weighted by atomic mass is 9.81. The minimum Gasteiger partial charge on any atom is -0.398 e. The Kier molecular flexibility index (Phi) is 7.44. The highest BCUT2D eigenvalue weighted by atomic mass is 14.6. The highest BCUT2D eigenvalue weighted by Gasteiger charge is 2.37. The zero-order valence-corrected chi connectivity index (χ0v) is 29.0. The summed E-state index contributed by atoms with van der Waals surface area (Å²) in [5.41, 5.74) is 22.5. The predicted molar refractivity (Wildman–Crippen MR) is 219 cm³/mol. The molecule has 0 saturated carbocycles. The molecule has 1 aliphatic rings. The maximum atomic E-state index is 6.50. The normalized spacial score (nSPS) is 13.1. The van der Waals surface area contributed by atoms with Gasteiger partial charge in [0.1, 0.15) is 0 Å². The Bertz CT molecular complexity index is 2650. The van der Waals surface area contributed by atoms with Crippen molar-refractivity contribution in [2.75, 3.05) is 5.73 Å². The maximum Gasteiger partial charge on any atom is 0.0393 e. The van der Waals surface area contributed by atoms with Gasteiger partial charge in [-0.1, -0.05) is 153 Å². The summed E-state index contributed by atoms with van der Waals surface area (Å²) in [6, 6.07) is 59.5. The Labute approximate surface area is 300 Å². The van der Waals surface area contributed by atoms with Gasteiger partial charge in [-0.15, -0.1) is 0 Å². The summed E-state index contributed by atoms with van der Waals surface area (Å²) in [5.74, 6) is 0. The third-order valence-corrected chi connectivity index (χ3v) is 10.9. The van der Waals surface area contributed by atoms with Crippen LogP contribution in [0.3, 0.4) is 0 Å². The summed E-state index contributed by atoms with van der Waals surface area (Å²) in [7, 11) is 0. The first kappa shape index (κ1) is 30.8. The second-order valence-corrected chi connectivity index (χ2v) is 14.3. The summed E-state index contributed by atoms with van der Waals surface area (Å²) >= 11 is 0. The molecule has 0 spiro atoms. The van der Waals surface area contributed by atoms with Crippen LogP contribution in [0.2, 0.25) is 0 Å². The van der Waals surface area contributed by atoms with Crippen molar-refractivity contribution < 1.29 is 0 Å². The molecule has 51 heavy (non-hydrogen) atoms. The average molecular weight is 654 g/mol. The van der Waals surface area contributed by atoms with E-state index in [9.17, 15) is 0 Å². The lowest BCUT2D eigenvalue weighted by molar-refractivity contribution is 0.661. The van der Waals surface area contributed by atoms with Crippen LogP contribution in [-0.4, -0.2) is 0 Å². The first-order valence-electron chi connectivity index (χ1n) is 17.9. The van der Waals surface area contributed by atoms with Gasteiger partial charge in [-0.25, -0.2) is 0 Å². The van der Waals surface area contributed by atoms with E-state index < -0.39 is 0 Å². The van der Waals surface area contributed by atoms with Crippen LogP contribution in [-0.2, 0) is 11.8 Å². The third-order valence-electron chi connectivity index (χ3n) is 10.9. The first-order chi connectivity index (χ1) is 25.0. The van der Waals surface area contributed by atoms with Crippen molar-refractivity contribution >= 4 is 33.3 Å². The Morgan fingerprint density at radius 2 is 1.18 bits per heavy atom. The monoisotopic (exact) mass is 653 g/mol. The van der Waals surface area contributed by atoms with E-state index in [1.807, 2.05) is 12.1 Å². The van der Waals surface area contributed by atoms with Crippen LogP contribution in [0.4, 0.5) is 5.69 Å². The number of allylic oxidation sites excluding steroid dienone is 1. The second-order valence-electron chi connectivity index (χ2n) is 14.3. The lowest BCUT2D eigenvalue weighted by Gasteiger charge is -2.22. The first-order valence-corrected chi connectivity index (χ1v) is 17.9. The minimum absolute atomic E-state index is 0.0604. The highest BCUT2D eigenvalue weighted by Crippen LogP contribution is 2.53. The van der Waals surface area contributed by atoms with E-state index in [1.54, 1.807) is 0 Å². The van der Waals surface area contributed by atoms with E-state index in [-0.39, 0.29) is 5.41 Å². The predicted octanol–water partition coefficient (Wildman–Crippen LogP) is 13.1. The van der Waals surface area contributed by atoms with Gasteiger partial charge in [-0.3, -0.25) is 0 Å². The fraction of sp³-hybridized carbons (Fsp3) is 0.0800. The molecule has 0 bridgehead atoms. The molecule has 1 heteroatoms. The summed E-state index contributed by atoms with van der Waals surface area (Å²) < 4.78 is 0. The minimum atomic E-state index is -0.0604. The van der Waals surface area contributed by atoms with Gasteiger partial charge in [0.15, 0.2) is 0 Å². The Morgan fingerprint density at radius 3 is 2.02 bits per heavy atom. The number of para-hydroxylation sites is 1. The van der Waals surface area contributed by atoms with Crippen molar-refractivity contribution in [1.29, 1.82) is 0 Å². The second kappa shape index (κ2) is 12.3. The van der Waals surface area contributed by atoms with Gasteiger partial charge in [-0.2, -0.15) is 0 Å². The van der Waals surface area contributed by atoms with Crippen molar-refractivity contribution in [2.24, 2.45) is 0 Å². The van der Waals surface area contributed by atoms with Crippen LogP contribution in [0, 0.1) is 0 Å². The van der Waals surface area contributed by atoms with Crippen LogP contribution in [0.5, 0.6) is 0 Å². The van der Waals surface area contributed by atoms with Crippen molar-refractivity contribution in [1.82, 2.24) is 0 Å². The van der Waals surface area contributed by atoms with Gasteiger partial charge < -0.3 is 5.73 Å². The molecule has 0 saturated heterocycles. The fourth-order valence-electron chi connectivity index (χ4n) is 8.26. The quantitative estimate of drug-likeness (QED) is 0.178. The molecule has 0 fully saturated rings. The van der Waals surface area contributed by atoms with Gasteiger partial charge in [-0.05, 0) is 126 Å². The fourth-order valence-corrected chi connectivity index (χ4v) is 8.26. The Balaban J connectivity index is 1.06. The van der Waals surface area contributed by atoms with E-state index in [0.29, 0.717) is 0 Å². The molecule has 0 atom stereocenters. The van der Waals surface area contributed by atoms with Gasteiger partial charge in [0, 0.05) is 16.7 Å². The van der Waals surface area contributed by atoms with Crippen LogP contribution in [0.15, 0.2) is 170 Å². The third kappa shape index (κ3) is 5.34. The molecule has 9 rings (SSSR count). The summed E-state index contributed by atoms with van der Waals surface area (Å²) in [5, 5.41) is 5.01. The van der Waals surface area contributed by atoms with E-state index in [2.05, 4.69) is 178 Å². The maximum absolute atomic E-state index is 6.50. The topological polar surface area (TPSA) is 26.0 Å². The highest BCUT2D eigenvalue weighted by molar-refractivity contribution is 6.02. The van der Waals surface area contributed by atoms with E-state index in [0.717, 1.165) is 23.2 Å². The van der Waals surface area contributed by atoms with Crippen LogP contribution in [0.1, 0.15) is 36.1 Å². The summed E-state index contributed by atoms with van der Waals surface area (Å²) in [6.45, 7) is 4.73. The van der Waals surface area contributed by atoms with Crippen molar-refractivity contribution in [3.8, 4) is 44.5 Å². The van der Waals surface area contributed by atoms with Crippen LogP contribution >= 0.6 is 0 Å². The van der Waals surface area contributed by atoms with Crippen LogP contribution in [0.25, 0.3) is 72.1 Å². The van der Waals surface area contributed by atoms with Gasteiger partial charge in [0.2, 0.25) is 0 Å². The largest absolute Gasteiger partial charge is 0.398 e. The molecule has 0 aliphatic heterocycles. The van der Waals surface area contributed by atoms with Crippen LogP contribution < -0.4 is 5.73 Å². The molecule has 0 aromatic heterocycles. The van der Waals surface area contributed by atoms with E-state index in [1.165, 1.54) is 77.2 Å². The molecular formula is C50H39N. The number of nitrogen functional groups attached to an aromatic ring is 1. The van der Waals surface area contributed by atoms with Gasteiger partial charge in [0.05, 0.1) is 0 Å². The van der Waals surface area contributed by atoms with E-state index >= 15 is 0 Å². The summed E-state index contributed by atoms with van der Waals surface area (Å²) in [4.78, 5) is 0. The molecule has 244 valence electrons. The number of benzene rings is 8. The number of hydrogen-bond donors (Lipinski definition) is 1. The molecule has 8 aromatic rings. The lowest BCUT2D eigenvalue weighted by Crippen LogP contribution is -2.14. The molecule has 0 radical (unpaired) electrons. The number of hydrogen-bond acceptors (Lipinski definition) is 1. The molecule has 0 heterocycles. The number of nitrogens with two attached hydrogens (primary N) is 1. The Morgan fingerprint density at radius 1 is 0.490 bits per heavy atom. The Hall–Kier alpha value is -6.18. The van der Waals surface area contributed by atoms with E-state index in [4.69, 9.17) is 5.73 Å². The smallest absolute Gasteiger partial charge is 0.0393 e. The molecular weight excluding hydrogens is 615 g/mol. The molecule has 8 aromatic carbocycles. The standard InChI is InChI=1S/C50H39N/c1-50(2)46-26-13-25-42(49(46)45-30-35-17-3-4-18-36(35)32-47(45)50)37-21-12-15-33(28-37)14-11-20-34-16-5-7-22-40(34)39-29-38-19-6-8-23-41(38)44(31-39)43-24-9-10-27-48(43)51/h3-19,21-32H,20,51H2,1-2H3/b14-11+. The summed E-state index contributed by atoms with van der Waals surface area (Å²) in [6.07, 6.45) is 5.39. The van der Waals surface area contributed by atoms with Crippen molar-refractivity contribution in [3.63, 3.8) is 0 Å². The molecule has 1 nitrogen and oxygen atoms in total. The van der Waals surface area contributed by atoms with Gasteiger partial charge in [0.25, 0.3) is 0 Å². The number of fused-ring (bicyclic) bond motifs is 5. The van der Waals surface area contributed by atoms with Gasteiger partial charge >= 0.3 is 0 Å². The molecule has 1 aliphatic carbocycles. The molecule has 2 N–H and O–H groups in total. The SMILES string of the molecule is CC1(C)c2cc3ccccc3cc2-c2c(-c3cccc(/C=C/Cc4ccccc4-c4cc(-c5ccccc5N)c5ccccc5c4)c3)cccc21. The zero-order valence-electron chi connectivity index (χ0n) is 29.0. The van der Waals surface area contributed by atoms with Crippen molar-refractivity contribution in [3.05, 3.63) is 192 Å². The van der Waals surface area contributed by atoms with Crippen molar-refractivity contribution in [2.45, 2.75) is 25.7 Å². The number of rotatable bonds is 6. The zero-order chi connectivity index (χ0) is 34.5. The molecule has 0 unspecified atom stereocenters. The number of anilines is 1. The average Bonchev–Trinajstić information content (AvgIpc) is 3.39.